The average molecular weight is 553 g/mol. The highest BCUT2D eigenvalue weighted by Gasteiger charge is 2.34. The summed E-state index contributed by atoms with van der Waals surface area (Å²) in [5, 5.41) is 6.17. The molecule has 0 radical (unpaired) electrons. The van der Waals surface area contributed by atoms with Crippen molar-refractivity contribution in [2.24, 2.45) is 4.99 Å². The molecule has 0 saturated carbocycles. The summed E-state index contributed by atoms with van der Waals surface area (Å²) in [7, 11) is 0. The smallest absolute Gasteiger partial charge is 0.357 e. The highest BCUT2D eigenvalue weighted by molar-refractivity contribution is 14.0. The monoisotopic (exact) mass is 552 g/mol. The van der Waals surface area contributed by atoms with E-state index in [2.05, 4.69) is 31.6 Å². The number of alkyl halides is 3. The molecule has 0 aromatic heterocycles. The molecule has 0 amide bonds. The Labute approximate surface area is 176 Å². The second kappa shape index (κ2) is 10.6. The highest BCUT2D eigenvalue weighted by Crippen LogP contribution is 2.20. The van der Waals surface area contributed by atoms with E-state index in [1.807, 2.05) is 6.92 Å². The van der Waals surface area contributed by atoms with Crippen LogP contribution in [0.25, 0.3) is 0 Å². The van der Waals surface area contributed by atoms with Gasteiger partial charge in [0, 0.05) is 35.7 Å². The number of rotatable bonds is 5. The van der Waals surface area contributed by atoms with Gasteiger partial charge in [0.15, 0.2) is 5.96 Å². The fourth-order valence-electron chi connectivity index (χ4n) is 2.69. The van der Waals surface area contributed by atoms with Crippen LogP contribution in [0, 0.1) is 5.82 Å². The van der Waals surface area contributed by atoms with E-state index >= 15 is 0 Å². The molecule has 1 saturated heterocycles. The van der Waals surface area contributed by atoms with Crippen LogP contribution in [0.15, 0.2) is 27.7 Å². The number of nitrogens with zero attached hydrogens (tertiary/aromatic N) is 2. The minimum absolute atomic E-state index is 0. The first kappa shape index (κ1) is 23.4. The Bertz CT molecular complexity index is 612. The number of halogens is 6. The first-order chi connectivity index (χ1) is 11.8. The third-order valence-electron chi connectivity index (χ3n) is 3.78. The van der Waals surface area contributed by atoms with Gasteiger partial charge < -0.3 is 10.6 Å². The van der Waals surface area contributed by atoms with Crippen LogP contribution in [-0.4, -0.2) is 49.3 Å². The SMILES string of the molecule is CCNC(=NCc1cc(Br)ccc1F)NC1CCN(CC(F)(F)F)C1.I. The van der Waals surface area contributed by atoms with Gasteiger partial charge in [-0.3, -0.25) is 4.90 Å². The molecular weight excluding hydrogens is 531 g/mol. The Morgan fingerprint density at radius 3 is 2.77 bits per heavy atom. The summed E-state index contributed by atoms with van der Waals surface area (Å²) < 4.78 is 51.9. The predicted molar refractivity (Wildman–Crippen MR) is 108 cm³/mol. The van der Waals surface area contributed by atoms with Crippen LogP contribution >= 0.6 is 39.9 Å². The molecule has 1 unspecified atom stereocenters. The minimum atomic E-state index is -4.19. The van der Waals surface area contributed by atoms with Crippen LogP contribution in [0.1, 0.15) is 18.9 Å². The molecule has 0 spiro atoms. The summed E-state index contributed by atoms with van der Waals surface area (Å²) in [4.78, 5) is 5.71. The Hall–Kier alpha value is -0.620. The largest absolute Gasteiger partial charge is 0.401 e. The maximum absolute atomic E-state index is 13.8. The topological polar surface area (TPSA) is 39.7 Å². The van der Waals surface area contributed by atoms with Gasteiger partial charge >= 0.3 is 6.18 Å². The van der Waals surface area contributed by atoms with Crippen molar-refractivity contribution in [1.82, 2.24) is 15.5 Å². The van der Waals surface area contributed by atoms with E-state index in [4.69, 9.17) is 0 Å². The van der Waals surface area contributed by atoms with Crippen LogP contribution < -0.4 is 10.6 Å². The first-order valence-electron chi connectivity index (χ1n) is 8.04. The van der Waals surface area contributed by atoms with Crippen molar-refractivity contribution in [3.63, 3.8) is 0 Å². The molecule has 2 N–H and O–H groups in total. The molecule has 1 heterocycles. The zero-order valence-corrected chi connectivity index (χ0v) is 18.2. The third kappa shape index (κ3) is 7.95. The van der Waals surface area contributed by atoms with Crippen molar-refractivity contribution in [2.75, 3.05) is 26.2 Å². The van der Waals surface area contributed by atoms with Gasteiger partial charge in [0.05, 0.1) is 13.1 Å². The van der Waals surface area contributed by atoms with E-state index in [1.165, 1.54) is 11.0 Å². The van der Waals surface area contributed by atoms with Crippen LogP contribution in [0.4, 0.5) is 17.6 Å². The van der Waals surface area contributed by atoms with Crippen molar-refractivity contribution >= 4 is 45.9 Å². The molecular formula is C16H22BrF4IN4. The van der Waals surface area contributed by atoms with Crippen LogP contribution in [-0.2, 0) is 6.54 Å². The summed E-state index contributed by atoms with van der Waals surface area (Å²) in [6, 6.07) is 4.51. The lowest BCUT2D eigenvalue weighted by molar-refractivity contribution is -0.143. The lowest BCUT2D eigenvalue weighted by atomic mass is 10.2. The Morgan fingerprint density at radius 2 is 2.12 bits per heavy atom. The molecule has 10 heteroatoms. The van der Waals surface area contributed by atoms with E-state index in [0.29, 0.717) is 37.6 Å². The molecule has 26 heavy (non-hydrogen) atoms. The first-order valence-corrected chi connectivity index (χ1v) is 8.84. The van der Waals surface area contributed by atoms with Gasteiger partial charge in [-0.2, -0.15) is 13.2 Å². The van der Waals surface area contributed by atoms with Crippen molar-refractivity contribution in [3.05, 3.63) is 34.1 Å². The Balaban J connectivity index is 0.00000338. The summed E-state index contributed by atoms with van der Waals surface area (Å²) in [5.74, 6) is 0.126. The van der Waals surface area contributed by atoms with E-state index in [0.717, 1.165) is 4.47 Å². The van der Waals surface area contributed by atoms with E-state index in [1.54, 1.807) is 12.1 Å². The fourth-order valence-corrected chi connectivity index (χ4v) is 3.10. The normalized spacial score (nSPS) is 18.5. The van der Waals surface area contributed by atoms with E-state index < -0.39 is 12.7 Å². The maximum Gasteiger partial charge on any atom is 0.401 e. The molecule has 2 rings (SSSR count). The van der Waals surface area contributed by atoms with Gasteiger partial charge in [-0.05, 0) is 31.5 Å². The number of aliphatic imine (C=N–C) groups is 1. The van der Waals surface area contributed by atoms with Gasteiger partial charge in [0.25, 0.3) is 0 Å². The third-order valence-corrected chi connectivity index (χ3v) is 4.27. The zero-order chi connectivity index (χ0) is 18.4. The summed E-state index contributed by atoms with van der Waals surface area (Å²) in [6.07, 6.45) is -3.59. The number of hydrogen-bond donors (Lipinski definition) is 2. The number of guanidine groups is 1. The van der Waals surface area contributed by atoms with Crippen molar-refractivity contribution in [2.45, 2.75) is 32.1 Å². The number of benzene rings is 1. The maximum atomic E-state index is 13.8. The summed E-state index contributed by atoms with van der Waals surface area (Å²) >= 11 is 3.29. The molecule has 1 aliphatic heterocycles. The molecule has 0 bridgehead atoms. The van der Waals surface area contributed by atoms with Crippen molar-refractivity contribution in [1.29, 1.82) is 0 Å². The zero-order valence-electron chi connectivity index (χ0n) is 14.2. The van der Waals surface area contributed by atoms with Gasteiger partial charge in [-0.15, -0.1) is 24.0 Å². The molecule has 0 aliphatic carbocycles. The van der Waals surface area contributed by atoms with Crippen molar-refractivity contribution in [3.8, 4) is 0 Å². The highest BCUT2D eigenvalue weighted by atomic mass is 127. The van der Waals surface area contributed by atoms with E-state index in [-0.39, 0.29) is 42.4 Å². The molecule has 4 nitrogen and oxygen atoms in total. The Morgan fingerprint density at radius 1 is 1.38 bits per heavy atom. The molecule has 1 atom stereocenters. The van der Waals surface area contributed by atoms with Gasteiger partial charge in [0.2, 0.25) is 0 Å². The molecule has 1 aromatic carbocycles. The quantitative estimate of drug-likeness (QED) is 0.252. The second-order valence-electron chi connectivity index (χ2n) is 5.91. The molecule has 1 aromatic rings. The summed E-state index contributed by atoms with van der Waals surface area (Å²) in [5.41, 5.74) is 0.441. The van der Waals surface area contributed by atoms with Crippen LogP contribution in [0.2, 0.25) is 0 Å². The van der Waals surface area contributed by atoms with Crippen molar-refractivity contribution < 1.29 is 17.6 Å². The standard InChI is InChI=1S/C16H21BrF4N4.HI/c1-2-22-15(23-8-11-7-12(17)3-4-14(11)18)24-13-5-6-25(9-13)10-16(19,20)21;/h3-4,7,13H,2,5-6,8-10H2,1H3,(H2,22,23,24);1H. The number of nitrogens with one attached hydrogen (secondary N) is 2. The van der Waals surface area contributed by atoms with Crippen LogP contribution in [0.5, 0.6) is 0 Å². The average Bonchev–Trinajstić information content (AvgIpc) is 2.93. The Kier molecular flexibility index (Phi) is 9.59. The van der Waals surface area contributed by atoms with Gasteiger partial charge in [-0.25, -0.2) is 9.38 Å². The molecule has 148 valence electrons. The lowest BCUT2D eigenvalue weighted by Crippen LogP contribution is -2.45. The minimum Gasteiger partial charge on any atom is -0.357 e. The van der Waals surface area contributed by atoms with Gasteiger partial charge in [0.1, 0.15) is 5.82 Å². The predicted octanol–water partition coefficient (Wildman–Crippen LogP) is 3.90. The number of hydrogen-bond acceptors (Lipinski definition) is 2. The lowest BCUT2D eigenvalue weighted by Gasteiger charge is -2.19. The second-order valence-corrected chi connectivity index (χ2v) is 6.83. The van der Waals surface area contributed by atoms with Crippen LogP contribution in [0.3, 0.4) is 0 Å². The van der Waals surface area contributed by atoms with E-state index in [9.17, 15) is 17.6 Å². The van der Waals surface area contributed by atoms with Gasteiger partial charge in [-0.1, -0.05) is 15.9 Å². The summed E-state index contributed by atoms with van der Waals surface area (Å²) in [6.45, 7) is 2.42. The molecule has 1 fully saturated rings. The fraction of sp³-hybridized carbons (Fsp3) is 0.562. The molecule has 1 aliphatic rings. The number of likely N-dealkylation sites (tertiary alicyclic amines) is 1.